The fourth-order valence-electron chi connectivity index (χ4n) is 4.80. The van der Waals surface area contributed by atoms with Crippen LogP contribution in [0.5, 0.6) is 5.75 Å². The van der Waals surface area contributed by atoms with Crippen molar-refractivity contribution in [1.82, 2.24) is 14.8 Å². The van der Waals surface area contributed by atoms with Crippen molar-refractivity contribution >= 4 is 22.6 Å². The second-order valence-electron chi connectivity index (χ2n) is 8.29. The Morgan fingerprint density at radius 2 is 2.07 bits per heavy atom. The summed E-state index contributed by atoms with van der Waals surface area (Å²) in [4.78, 5) is 28.8. The van der Waals surface area contributed by atoms with E-state index in [0.717, 1.165) is 39.0 Å². The van der Waals surface area contributed by atoms with Crippen molar-refractivity contribution in [2.45, 2.75) is 24.9 Å². The molecule has 9 heteroatoms. The molecule has 1 unspecified atom stereocenters. The minimum atomic E-state index is -1.30. The number of pyridine rings is 1. The van der Waals surface area contributed by atoms with Crippen molar-refractivity contribution < 1.29 is 19.0 Å². The van der Waals surface area contributed by atoms with Gasteiger partial charge in [-0.2, -0.15) is 0 Å². The molecule has 1 atom stereocenters. The van der Waals surface area contributed by atoms with Crippen LogP contribution in [0.4, 0.5) is 10.1 Å². The Morgan fingerprint density at radius 1 is 1.27 bits per heavy atom. The van der Waals surface area contributed by atoms with E-state index in [1.54, 1.807) is 4.57 Å². The molecule has 0 radical (unpaired) electrons. The van der Waals surface area contributed by atoms with Crippen LogP contribution in [0.2, 0.25) is 0 Å². The number of rotatable bonds is 4. The number of piperazine rings is 2. The molecule has 3 heterocycles. The number of aromatic carboxylic acids is 1. The largest absolute Gasteiger partial charge is 0.492 e. The lowest BCUT2D eigenvalue weighted by atomic mass is 10.1. The topological polar surface area (TPSA) is 87.0 Å². The van der Waals surface area contributed by atoms with Crippen LogP contribution in [0, 0.1) is 5.82 Å². The van der Waals surface area contributed by atoms with Crippen LogP contribution >= 0.6 is 0 Å². The first-order valence-electron chi connectivity index (χ1n) is 10.4. The number of anilines is 1. The van der Waals surface area contributed by atoms with E-state index in [1.807, 2.05) is 4.90 Å². The maximum absolute atomic E-state index is 15.4. The molecule has 0 amide bonds. The maximum atomic E-state index is 15.4. The number of ether oxygens (including phenoxy) is 1. The lowest BCUT2D eigenvalue weighted by Crippen LogP contribution is -2.61. The molecule has 1 aromatic carbocycles. The molecule has 5 rings (SSSR count). The summed E-state index contributed by atoms with van der Waals surface area (Å²) in [6.45, 7) is 4.95. The van der Waals surface area contributed by atoms with E-state index in [4.69, 9.17) is 4.74 Å². The van der Waals surface area contributed by atoms with Gasteiger partial charge in [-0.1, -0.05) is 0 Å². The minimum absolute atomic E-state index is 0.0536. The van der Waals surface area contributed by atoms with Gasteiger partial charge in [0.05, 0.1) is 18.0 Å². The van der Waals surface area contributed by atoms with Crippen molar-refractivity contribution in [3.63, 3.8) is 0 Å². The smallest absolute Gasteiger partial charge is 0.341 e. The summed E-state index contributed by atoms with van der Waals surface area (Å²) in [6, 6.07) is 1.57. The quantitative estimate of drug-likeness (QED) is 0.776. The molecule has 30 heavy (non-hydrogen) atoms. The zero-order chi connectivity index (χ0) is 21.0. The minimum Gasteiger partial charge on any atom is -0.492 e. The average molecular weight is 416 g/mol. The number of hydrogen-bond donors (Lipinski definition) is 2. The molecular weight excluding hydrogens is 391 g/mol. The molecule has 2 aromatic rings. The zero-order valence-electron chi connectivity index (χ0n) is 16.9. The highest BCUT2D eigenvalue weighted by Gasteiger charge is 2.34. The van der Waals surface area contributed by atoms with Crippen LogP contribution in [0.15, 0.2) is 17.1 Å². The standard InChI is InChI=1S/C21H25FN4O4/c1-30-20-17-14(19(27)15(21(28)29)11-26(17)12-2-3-12)8-16(22)18(20)25-7-6-24-5-4-23-9-13(24)10-25/h8,11-13,23H,2-7,9-10H2,1H3,(H,28,29). The molecule has 3 fully saturated rings. The predicted octanol–water partition coefficient (Wildman–Crippen LogP) is 1.28. The van der Waals surface area contributed by atoms with Gasteiger partial charge >= 0.3 is 5.97 Å². The van der Waals surface area contributed by atoms with Gasteiger partial charge in [0.15, 0.2) is 11.6 Å². The first kappa shape index (κ1) is 19.3. The number of aromatic nitrogens is 1. The molecule has 2 saturated heterocycles. The second-order valence-corrected chi connectivity index (χ2v) is 8.29. The van der Waals surface area contributed by atoms with E-state index in [2.05, 4.69) is 10.2 Å². The fraction of sp³-hybridized carbons (Fsp3) is 0.524. The molecular formula is C21H25FN4O4. The Balaban J connectivity index is 1.69. The van der Waals surface area contributed by atoms with Gasteiger partial charge < -0.3 is 24.6 Å². The number of nitrogens with zero attached hydrogens (tertiary/aromatic N) is 3. The summed E-state index contributed by atoms with van der Waals surface area (Å²) in [7, 11) is 1.48. The van der Waals surface area contributed by atoms with Crippen LogP contribution < -0.4 is 20.4 Å². The molecule has 8 nitrogen and oxygen atoms in total. The summed E-state index contributed by atoms with van der Waals surface area (Å²) >= 11 is 0. The first-order valence-corrected chi connectivity index (χ1v) is 10.4. The zero-order valence-corrected chi connectivity index (χ0v) is 16.9. The Labute approximate surface area is 172 Å². The van der Waals surface area contributed by atoms with Crippen molar-refractivity contribution in [2.24, 2.45) is 0 Å². The number of carboxylic acids is 1. The molecule has 3 aliphatic rings. The van der Waals surface area contributed by atoms with Crippen molar-refractivity contribution in [1.29, 1.82) is 0 Å². The third-order valence-electron chi connectivity index (χ3n) is 6.45. The van der Waals surface area contributed by atoms with E-state index < -0.39 is 17.2 Å². The maximum Gasteiger partial charge on any atom is 0.341 e. The number of benzene rings is 1. The van der Waals surface area contributed by atoms with Gasteiger partial charge in [-0.25, -0.2) is 9.18 Å². The van der Waals surface area contributed by atoms with Gasteiger partial charge in [0.2, 0.25) is 5.43 Å². The van der Waals surface area contributed by atoms with Crippen LogP contribution in [0.3, 0.4) is 0 Å². The predicted molar refractivity (Wildman–Crippen MR) is 110 cm³/mol. The van der Waals surface area contributed by atoms with Crippen LogP contribution in [0.1, 0.15) is 29.2 Å². The summed E-state index contributed by atoms with van der Waals surface area (Å²) in [5.74, 6) is -1.55. The number of nitrogens with one attached hydrogen (secondary N) is 1. The monoisotopic (exact) mass is 416 g/mol. The second kappa shape index (κ2) is 7.24. The van der Waals surface area contributed by atoms with Gasteiger partial charge in [-0.05, 0) is 18.9 Å². The molecule has 160 valence electrons. The third-order valence-corrected chi connectivity index (χ3v) is 6.45. The Hall–Kier alpha value is -2.65. The number of carboxylic acid groups (broad SMARTS) is 1. The summed E-state index contributed by atoms with van der Waals surface area (Å²) < 4.78 is 22.9. The van der Waals surface area contributed by atoms with Crippen molar-refractivity contribution in [3.05, 3.63) is 33.9 Å². The summed E-state index contributed by atoms with van der Waals surface area (Å²) in [5.41, 5.74) is -0.187. The summed E-state index contributed by atoms with van der Waals surface area (Å²) in [6.07, 6.45) is 3.16. The molecule has 2 N–H and O–H groups in total. The van der Waals surface area contributed by atoms with Gasteiger partial charge in [-0.15, -0.1) is 0 Å². The summed E-state index contributed by atoms with van der Waals surface area (Å²) in [5, 5.41) is 12.9. The number of methoxy groups -OCH3 is 1. The Kier molecular flexibility index (Phi) is 4.67. The highest BCUT2D eigenvalue weighted by molar-refractivity contribution is 5.97. The van der Waals surface area contributed by atoms with E-state index in [9.17, 15) is 14.7 Å². The van der Waals surface area contributed by atoms with Crippen molar-refractivity contribution in [3.8, 4) is 5.75 Å². The number of carbonyl (C=O) groups is 1. The van der Waals surface area contributed by atoms with Crippen LogP contribution in [-0.4, -0.2) is 73.0 Å². The van der Waals surface area contributed by atoms with E-state index in [0.29, 0.717) is 30.0 Å². The third kappa shape index (κ3) is 3.04. The normalized spacial score (nSPS) is 22.2. The lowest BCUT2D eigenvalue weighted by Gasteiger charge is -2.45. The molecule has 1 saturated carbocycles. The molecule has 1 aliphatic carbocycles. The number of fused-ring (bicyclic) bond motifs is 2. The first-order chi connectivity index (χ1) is 14.5. The van der Waals surface area contributed by atoms with Crippen molar-refractivity contribution in [2.75, 3.05) is 51.3 Å². The van der Waals surface area contributed by atoms with Crippen LogP contribution in [-0.2, 0) is 0 Å². The van der Waals surface area contributed by atoms with E-state index in [-0.39, 0.29) is 23.0 Å². The number of halogens is 1. The molecule has 1 aromatic heterocycles. The van der Waals surface area contributed by atoms with Crippen LogP contribution in [0.25, 0.3) is 10.9 Å². The van der Waals surface area contributed by atoms with E-state index >= 15 is 4.39 Å². The van der Waals surface area contributed by atoms with E-state index in [1.165, 1.54) is 19.4 Å². The Morgan fingerprint density at radius 3 is 2.77 bits per heavy atom. The molecule has 2 aliphatic heterocycles. The fourth-order valence-corrected chi connectivity index (χ4v) is 4.80. The van der Waals surface area contributed by atoms with Gasteiger partial charge in [-0.3, -0.25) is 9.69 Å². The highest BCUT2D eigenvalue weighted by Crippen LogP contribution is 2.44. The van der Waals surface area contributed by atoms with Gasteiger partial charge in [0.25, 0.3) is 0 Å². The Bertz CT molecular complexity index is 1080. The van der Waals surface area contributed by atoms with Gasteiger partial charge in [0, 0.05) is 57.5 Å². The molecule has 0 spiro atoms. The average Bonchev–Trinajstić information content (AvgIpc) is 3.58. The number of hydrogen-bond acceptors (Lipinski definition) is 6. The molecule has 0 bridgehead atoms. The SMILES string of the molecule is COc1c(N2CCN3CCNCC3C2)c(F)cc2c(=O)c(C(=O)O)cn(C3CC3)c12. The van der Waals surface area contributed by atoms with Gasteiger partial charge in [0.1, 0.15) is 11.3 Å². The lowest BCUT2D eigenvalue weighted by molar-refractivity contribution is 0.0695. The highest BCUT2D eigenvalue weighted by atomic mass is 19.1.